The third kappa shape index (κ3) is 3.60. The normalized spacial score (nSPS) is 14.4. The highest BCUT2D eigenvalue weighted by molar-refractivity contribution is 6.31. The van der Waals surface area contributed by atoms with Crippen LogP contribution >= 0.6 is 11.6 Å². The fourth-order valence-corrected chi connectivity index (χ4v) is 2.01. The predicted molar refractivity (Wildman–Crippen MR) is 68.6 cm³/mol. The van der Waals surface area contributed by atoms with Gasteiger partial charge in [-0.3, -0.25) is 0 Å². The van der Waals surface area contributed by atoms with E-state index in [1.807, 2.05) is 6.92 Å². The summed E-state index contributed by atoms with van der Waals surface area (Å²) in [5, 5.41) is 10.8. The standard InChI is InChI=1S/C13H19ClO3/c1-9(7-8-16-2)13(15)12-10(14)5-4-6-11(12)17-3/h4-6,9,13,15H,7-8H2,1-3H3. The van der Waals surface area contributed by atoms with Gasteiger partial charge in [0.25, 0.3) is 0 Å². The van der Waals surface area contributed by atoms with Crippen molar-refractivity contribution >= 4 is 11.6 Å². The fraction of sp³-hybridized carbons (Fsp3) is 0.538. The van der Waals surface area contributed by atoms with Crippen LogP contribution in [0.5, 0.6) is 5.75 Å². The molecule has 2 unspecified atom stereocenters. The summed E-state index contributed by atoms with van der Waals surface area (Å²) in [4.78, 5) is 0. The zero-order valence-corrected chi connectivity index (χ0v) is 11.2. The molecule has 0 aromatic heterocycles. The molecule has 3 nitrogen and oxygen atoms in total. The van der Waals surface area contributed by atoms with Crippen LogP contribution in [-0.4, -0.2) is 25.9 Å². The molecule has 0 spiro atoms. The maximum atomic E-state index is 10.3. The molecule has 0 radical (unpaired) electrons. The summed E-state index contributed by atoms with van der Waals surface area (Å²) >= 11 is 6.11. The van der Waals surface area contributed by atoms with Crippen LogP contribution in [0.4, 0.5) is 0 Å². The van der Waals surface area contributed by atoms with Gasteiger partial charge in [0.1, 0.15) is 5.75 Å². The monoisotopic (exact) mass is 258 g/mol. The maximum absolute atomic E-state index is 10.3. The molecule has 0 aliphatic heterocycles. The Hall–Kier alpha value is -0.770. The molecule has 0 fully saturated rings. The first-order valence-electron chi connectivity index (χ1n) is 5.61. The van der Waals surface area contributed by atoms with Crippen molar-refractivity contribution in [1.29, 1.82) is 0 Å². The van der Waals surface area contributed by atoms with E-state index >= 15 is 0 Å². The highest BCUT2D eigenvalue weighted by atomic mass is 35.5. The number of aliphatic hydroxyl groups is 1. The van der Waals surface area contributed by atoms with Crippen LogP contribution in [0.25, 0.3) is 0 Å². The zero-order valence-electron chi connectivity index (χ0n) is 10.4. The number of hydrogen-bond donors (Lipinski definition) is 1. The third-order valence-electron chi connectivity index (χ3n) is 2.84. The lowest BCUT2D eigenvalue weighted by molar-refractivity contribution is 0.0866. The molecule has 96 valence electrons. The number of halogens is 1. The van der Waals surface area contributed by atoms with E-state index in [9.17, 15) is 5.11 Å². The van der Waals surface area contributed by atoms with Crippen molar-refractivity contribution < 1.29 is 14.6 Å². The topological polar surface area (TPSA) is 38.7 Å². The Morgan fingerprint density at radius 3 is 2.65 bits per heavy atom. The highest BCUT2D eigenvalue weighted by Crippen LogP contribution is 2.36. The molecule has 1 N–H and O–H groups in total. The lowest BCUT2D eigenvalue weighted by atomic mass is 9.94. The van der Waals surface area contributed by atoms with E-state index in [2.05, 4.69) is 0 Å². The molecule has 1 rings (SSSR count). The van der Waals surface area contributed by atoms with Gasteiger partial charge >= 0.3 is 0 Å². The van der Waals surface area contributed by atoms with Gasteiger partial charge in [0, 0.05) is 19.3 Å². The number of hydrogen-bond acceptors (Lipinski definition) is 3. The second-order valence-corrected chi connectivity index (χ2v) is 4.47. The number of rotatable bonds is 6. The lowest BCUT2D eigenvalue weighted by Crippen LogP contribution is -2.13. The minimum Gasteiger partial charge on any atom is -0.496 e. The third-order valence-corrected chi connectivity index (χ3v) is 3.17. The summed E-state index contributed by atoms with van der Waals surface area (Å²) < 4.78 is 10.2. The van der Waals surface area contributed by atoms with Crippen molar-refractivity contribution in [3.05, 3.63) is 28.8 Å². The van der Waals surface area contributed by atoms with E-state index < -0.39 is 6.10 Å². The molecule has 1 aromatic rings. The van der Waals surface area contributed by atoms with Gasteiger partial charge in [-0.25, -0.2) is 0 Å². The van der Waals surface area contributed by atoms with E-state index in [0.29, 0.717) is 22.9 Å². The summed E-state index contributed by atoms with van der Waals surface area (Å²) in [5.41, 5.74) is 0.653. The second-order valence-electron chi connectivity index (χ2n) is 4.06. The van der Waals surface area contributed by atoms with Crippen molar-refractivity contribution in [3.63, 3.8) is 0 Å². The molecule has 0 amide bonds. The molecule has 4 heteroatoms. The Kier molecular flexibility index (Phi) is 5.75. The van der Waals surface area contributed by atoms with Crippen molar-refractivity contribution in [2.75, 3.05) is 20.8 Å². The van der Waals surface area contributed by atoms with Crippen LogP contribution in [-0.2, 0) is 4.74 Å². The van der Waals surface area contributed by atoms with Gasteiger partial charge in [-0.2, -0.15) is 0 Å². The minimum absolute atomic E-state index is 0.0590. The Labute approximate surface area is 107 Å². The van der Waals surface area contributed by atoms with E-state index in [-0.39, 0.29) is 5.92 Å². The van der Waals surface area contributed by atoms with Gasteiger partial charge in [0.2, 0.25) is 0 Å². The smallest absolute Gasteiger partial charge is 0.126 e. The summed E-state index contributed by atoms with van der Waals surface area (Å²) in [7, 11) is 3.22. The second kappa shape index (κ2) is 6.84. The van der Waals surface area contributed by atoms with Crippen LogP contribution < -0.4 is 4.74 Å². The first-order chi connectivity index (χ1) is 8.11. The summed E-state index contributed by atoms with van der Waals surface area (Å²) in [6, 6.07) is 5.36. The number of ether oxygens (including phenoxy) is 2. The molecule has 17 heavy (non-hydrogen) atoms. The van der Waals surface area contributed by atoms with E-state index in [1.54, 1.807) is 32.4 Å². The van der Waals surface area contributed by atoms with Crippen molar-refractivity contribution in [1.82, 2.24) is 0 Å². The quantitative estimate of drug-likeness (QED) is 0.852. The average molecular weight is 259 g/mol. The lowest BCUT2D eigenvalue weighted by Gasteiger charge is -2.22. The van der Waals surface area contributed by atoms with Crippen LogP contribution in [0.2, 0.25) is 5.02 Å². The Morgan fingerprint density at radius 2 is 2.06 bits per heavy atom. The molecule has 2 atom stereocenters. The van der Waals surface area contributed by atoms with Crippen molar-refractivity contribution in [2.24, 2.45) is 5.92 Å². The van der Waals surface area contributed by atoms with Crippen LogP contribution in [0.15, 0.2) is 18.2 Å². The van der Waals surface area contributed by atoms with Gasteiger partial charge < -0.3 is 14.6 Å². The molecule has 1 aromatic carbocycles. The maximum Gasteiger partial charge on any atom is 0.126 e. The first kappa shape index (κ1) is 14.3. The number of methoxy groups -OCH3 is 2. The van der Waals surface area contributed by atoms with E-state index in [1.165, 1.54) is 0 Å². The van der Waals surface area contributed by atoms with Crippen LogP contribution in [0.1, 0.15) is 25.0 Å². The fourth-order valence-electron chi connectivity index (χ4n) is 1.73. The van der Waals surface area contributed by atoms with Gasteiger partial charge in [0.05, 0.1) is 18.2 Å². The Balaban J connectivity index is 2.90. The summed E-state index contributed by atoms with van der Waals surface area (Å²) in [6.45, 7) is 2.58. The molecule has 0 aliphatic carbocycles. The largest absolute Gasteiger partial charge is 0.496 e. The van der Waals surface area contributed by atoms with Crippen molar-refractivity contribution in [3.8, 4) is 5.75 Å². The Morgan fingerprint density at radius 1 is 1.35 bits per heavy atom. The predicted octanol–water partition coefficient (Wildman–Crippen LogP) is 3.05. The molecule has 0 saturated carbocycles. The molecular weight excluding hydrogens is 240 g/mol. The average Bonchev–Trinajstić information content (AvgIpc) is 2.34. The van der Waals surface area contributed by atoms with Gasteiger partial charge in [-0.05, 0) is 24.5 Å². The van der Waals surface area contributed by atoms with E-state index in [4.69, 9.17) is 21.1 Å². The minimum atomic E-state index is -0.645. The summed E-state index contributed by atoms with van der Waals surface area (Å²) in [5.74, 6) is 0.679. The van der Waals surface area contributed by atoms with Crippen LogP contribution in [0, 0.1) is 5.92 Å². The van der Waals surface area contributed by atoms with E-state index in [0.717, 1.165) is 6.42 Å². The highest BCUT2D eigenvalue weighted by Gasteiger charge is 2.22. The molecule has 0 bridgehead atoms. The summed E-state index contributed by atoms with van der Waals surface area (Å²) in [6.07, 6.45) is 0.125. The SMILES string of the molecule is COCCC(C)C(O)c1c(Cl)cccc1OC. The van der Waals surface area contributed by atoms with Gasteiger partial charge in [-0.1, -0.05) is 24.6 Å². The van der Waals surface area contributed by atoms with Crippen molar-refractivity contribution in [2.45, 2.75) is 19.4 Å². The molecular formula is C13H19ClO3. The molecule has 0 heterocycles. The van der Waals surface area contributed by atoms with Gasteiger partial charge in [-0.15, -0.1) is 0 Å². The number of aliphatic hydroxyl groups excluding tert-OH is 1. The van der Waals surface area contributed by atoms with Gasteiger partial charge in [0.15, 0.2) is 0 Å². The zero-order chi connectivity index (χ0) is 12.8. The number of benzene rings is 1. The first-order valence-corrected chi connectivity index (χ1v) is 5.99. The van der Waals surface area contributed by atoms with Crippen LogP contribution in [0.3, 0.4) is 0 Å². The molecule has 0 saturated heterocycles. The Bertz CT molecular complexity index is 355. The molecule has 0 aliphatic rings.